The molecular formula is C14H20N2O. The van der Waals surface area contributed by atoms with Crippen molar-refractivity contribution in [2.75, 3.05) is 11.9 Å². The second-order valence-corrected chi connectivity index (χ2v) is 4.76. The van der Waals surface area contributed by atoms with Gasteiger partial charge in [-0.15, -0.1) is 0 Å². The molecule has 1 aliphatic rings. The molecule has 1 saturated heterocycles. The Balaban J connectivity index is 2.07. The van der Waals surface area contributed by atoms with Crippen LogP contribution in [-0.2, 0) is 4.79 Å². The number of hydrogen-bond donors (Lipinski definition) is 2. The molecule has 1 fully saturated rings. The molecule has 3 nitrogen and oxygen atoms in total. The summed E-state index contributed by atoms with van der Waals surface area (Å²) in [5.41, 5.74) is 3.20. The third-order valence-corrected chi connectivity index (χ3v) is 3.36. The Kier molecular flexibility index (Phi) is 3.79. The number of amides is 1. The molecule has 0 bridgehead atoms. The number of nitrogens with one attached hydrogen (secondary N) is 2. The second kappa shape index (κ2) is 5.32. The summed E-state index contributed by atoms with van der Waals surface area (Å²) in [7, 11) is 0. The second-order valence-electron chi connectivity index (χ2n) is 4.76. The van der Waals surface area contributed by atoms with Gasteiger partial charge < -0.3 is 10.6 Å². The Morgan fingerprint density at radius 3 is 2.59 bits per heavy atom. The number of piperidine rings is 1. The van der Waals surface area contributed by atoms with Crippen LogP contribution >= 0.6 is 0 Å². The van der Waals surface area contributed by atoms with E-state index in [2.05, 4.69) is 10.6 Å². The minimum absolute atomic E-state index is 0.0252. The number of benzene rings is 1. The Bertz CT molecular complexity index is 388. The van der Waals surface area contributed by atoms with E-state index < -0.39 is 0 Å². The van der Waals surface area contributed by atoms with Crippen molar-refractivity contribution in [2.24, 2.45) is 0 Å². The van der Waals surface area contributed by atoms with E-state index in [1.165, 1.54) is 6.42 Å². The lowest BCUT2D eigenvalue weighted by Gasteiger charge is -2.23. The summed E-state index contributed by atoms with van der Waals surface area (Å²) >= 11 is 0. The average molecular weight is 232 g/mol. The largest absolute Gasteiger partial charge is 0.324 e. The van der Waals surface area contributed by atoms with E-state index in [4.69, 9.17) is 0 Å². The predicted octanol–water partition coefficient (Wildman–Crippen LogP) is 2.38. The fourth-order valence-corrected chi connectivity index (χ4v) is 2.30. The van der Waals surface area contributed by atoms with Gasteiger partial charge in [0.1, 0.15) is 0 Å². The van der Waals surface area contributed by atoms with Crippen LogP contribution < -0.4 is 10.6 Å². The average Bonchev–Trinajstić information content (AvgIpc) is 2.35. The van der Waals surface area contributed by atoms with Crippen molar-refractivity contribution in [1.29, 1.82) is 0 Å². The molecule has 3 heteroatoms. The highest BCUT2D eigenvalue weighted by molar-refractivity contribution is 5.96. The van der Waals surface area contributed by atoms with Crippen LogP contribution in [0.2, 0.25) is 0 Å². The van der Waals surface area contributed by atoms with Crippen molar-refractivity contribution in [2.45, 2.75) is 39.2 Å². The summed E-state index contributed by atoms with van der Waals surface area (Å²) in [5.74, 6) is 0.0992. The minimum Gasteiger partial charge on any atom is -0.324 e. The van der Waals surface area contributed by atoms with Gasteiger partial charge in [-0.25, -0.2) is 0 Å². The quantitative estimate of drug-likeness (QED) is 0.822. The molecule has 0 saturated carbocycles. The first kappa shape index (κ1) is 12.1. The number of hydrogen-bond acceptors (Lipinski definition) is 2. The van der Waals surface area contributed by atoms with Gasteiger partial charge in [-0.1, -0.05) is 24.6 Å². The van der Waals surface area contributed by atoms with E-state index in [1.54, 1.807) is 0 Å². The third kappa shape index (κ3) is 2.86. The lowest BCUT2D eigenvalue weighted by molar-refractivity contribution is -0.118. The molecule has 2 N–H and O–H groups in total. The van der Waals surface area contributed by atoms with Gasteiger partial charge in [0.25, 0.3) is 0 Å². The molecule has 1 amide bonds. The number of rotatable bonds is 2. The molecule has 1 atom stereocenters. The summed E-state index contributed by atoms with van der Waals surface area (Å²) in [6, 6.07) is 6.04. The lowest BCUT2D eigenvalue weighted by Crippen LogP contribution is -2.43. The molecular weight excluding hydrogens is 212 g/mol. The molecule has 92 valence electrons. The van der Waals surface area contributed by atoms with Crippen LogP contribution in [0.15, 0.2) is 18.2 Å². The van der Waals surface area contributed by atoms with E-state index in [-0.39, 0.29) is 11.9 Å². The number of anilines is 1. The van der Waals surface area contributed by atoms with Crippen LogP contribution in [0.25, 0.3) is 0 Å². The Labute approximate surface area is 103 Å². The van der Waals surface area contributed by atoms with Crippen molar-refractivity contribution < 1.29 is 4.79 Å². The summed E-state index contributed by atoms with van der Waals surface area (Å²) in [4.78, 5) is 12.1. The molecule has 0 radical (unpaired) electrons. The molecule has 0 aromatic heterocycles. The number of para-hydroxylation sites is 1. The normalized spacial score (nSPS) is 20.0. The van der Waals surface area contributed by atoms with Crippen molar-refractivity contribution in [3.8, 4) is 0 Å². The summed E-state index contributed by atoms with van der Waals surface area (Å²) in [6.07, 6.45) is 3.25. The third-order valence-electron chi connectivity index (χ3n) is 3.36. The SMILES string of the molecule is Cc1cccc(C)c1NC(=O)C1CCCCN1. The van der Waals surface area contributed by atoms with Gasteiger partial charge in [0, 0.05) is 5.69 Å². The Morgan fingerprint density at radius 1 is 1.29 bits per heavy atom. The van der Waals surface area contributed by atoms with Crippen molar-refractivity contribution >= 4 is 11.6 Å². The molecule has 17 heavy (non-hydrogen) atoms. The summed E-state index contributed by atoms with van der Waals surface area (Å²) in [6.45, 7) is 5.00. The van der Waals surface area contributed by atoms with E-state index in [9.17, 15) is 4.79 Å². The highest BCUT2D eigenvalue weighted by Crippen LogP contribution is 2.20. The van der Waals surface area contributed by atoms with Gasteiger partial charge in [0.15, 0.2) is 0 Å². The molecule has 0 spiro atoms. The molecule has 1 aromatic rings. The van der Waals surface area contributed by atoms with Gasteiger partial charge >= 0.3 is 0 Å². The highest BCUT2D eigenvalue weighted by atomic mass is 16.2. The van der Waals surface area contributed by atoms with Crippen molar-refractivity contribution in [3.05, 3.63) is 29.3 Å². The standard InChI is InChI=1S/C14H20N2O/c1-10-6-5-7-11(2)13(10)16-14(17)12-8-3-4-9-15-12/h5-7,12,15H,3-4,8-9H2,1-2H3,(H,16,17). The number of aryl methyl sites for hydroxylation is 2. The minimum atomic E-state index is -0.0252. The monoisotopic (exact) mass is 232 g/mol. The van der Waals surface area contributed by atoms with Gasteiger partial charge in [0.05, 0.1) is 6.04 Å². The first-order chi connectivity index (χ1) is 8.18. The maximum Gasteiger partial charge on any atom is 0.241 e. The molecule has 2 rings (SSSR count). The smallest absolute Gasteiger partial charge is 0.241 e. The molecule has 1 aromatic carbocycles. The zero-order valence-corrected chi connectivity index (χ0v) is 10.5. The highest BCUT2D eigenvalue weighted by Gasteiger charge is 2.21. The molecule has 1 aliphatic heterocycles. The van der Waals surface area contributed by atoms with Gasteiger partial charge in [0.2, 0.25) is 5.91 Å². The van der Waals surface area contributed by atoms with Crippen LogP contribution in [0, 0.1) is 13.8 Å². The van der Waals surface area contributed by atoms with E-state index in [1.807, 2.05) is 32.0 Å². The maximum atomic E-state index is 12.1. The topological polar surface area (TPSA) is 41.1 Å². The van der Waals surface area contributed by atoms with Gasteiger partial charge in [-0.2, -0.15) is 0 Å². The summed E-state index contributed by atoms with van der Waals surface area (Å²) < 4.78 is 0. The Hall–Kier alpha value is -1.35. The maximum absolute atomic E-state index is 12.1. The van der Waals surface area contributed by atoms with E-state index in [0.29, 0.717) is 0 Å². The predicted molar refractivity (Wildman–Crippen MR) is 70.2 cm³/mol. The fraction of sp³-hybridized carbons (Fsp3) is 0.500. The first-order valence-corrected chi connectivity index (χ1v) is 6.29. The van der Waals surface area contributed by atoms with Crippen LogP contribution in [0.3, 0.4) is 0 Å². The zero-order chi connectivity index (χ0) is 12.3. The van der Waals surface area contributed by atoms with Crippen molar-refractivity contribution in [3.63, 3.8) is 0 Å². The molecule has 1 heterocycles. The molecule has 1 unspecified atom stereocenters. The zero-order valence-electron chi connectivity index (χ0n) is 10.5. The summed E-state index contributed by atoms with van der Waals surface area (Å²) in [5, 5.41) is 6.31. The van der Waals surface area contributed by atoms with Crippen molar-refractivity contribution in [1.82, 2.24) is 5.32 Å². The van der Waals surface area contributed by atoms with Gasteiger partial charge in [-0.3, -0.25) is 4.79 Å². The van der Waals surface area contributed by atoms with Crippen LogP contribution in [0.1, 0.15) is 30.4 Å². The van der Waals surface area contributed by atoms with E-state index >= 15 is 0 Å². The van der Waals surface area contributed by atoms with Crippen LogP contribution in [-0.4, -0.2) is 18.5 Å². The Morgan fingerprint density at radius 2 is 2.00 bits per heavy atom. The lowest BCUT2D eigenvalue weighted by atomic mass is 10.0. The van der Waals surface area contributed by atoms with Crippen LogP contribution in [0.4, 0.5) is 5.69 Å². The van der Waals surface area contributed by atoms with E-state index in [0.717, 1.165) is 36.2 Å². The van der Waals surface area contributed by atoms with Crippen LogP contribution in [0.5, 0.6) is 0 Å². The molecule has 0 aliphatic carbocycles. The fourth-order valence-electron chi connectivity index (χ4n) is 2.30. The number of carbonyl (C=O) groups excluding carboxylic acids is 1. The number of carbonyl (C=O) groups is 1. The van der Waals surface area contributed by atoms with Gasteiger partial charge in [-0.05, 0) is 44.4 Å². The first-order valence-electron chi connectivity index (χ1n) is 6.29.